The van der Waals surface area contributed by atoms with Crippen LogP contribution in [0.5, 0.6) is 0 Å². The summed E-state index contributed by atoms with van der Waals surface area (Å²) in [6.07, 6.45) is -4.98. The first kappa shape index (κ1) is 40.9. The first-order valence-corrected chi connectivity index (χ1v) is 17.5. The van der Waals surface area contributed by atoms with E-state index in [0.717, 1.165) is 12.1 Å². The van der Waals surface area contributed by atoms with Crippen LogP contribution in [-0.4, -0.2) is 83.6 Å². The molecule has 2 saturated heterocycles. The van der Waals surface area contributed by atoms with Crippen LogP contribution in [0.3, 0.4) is 0 Å². The molecule has 2 aromatic rings. The van der Waals surface area contributed by atoms with E-state index >= 15 is 0 Å². The molecular formula is C34H45F6N9O4. The van der Waals surface area contributed by atoms with Crippen LogP contribution < -0.4 is 31.5 Å². The molecule has 0 spiro atoms. The molecule has 292 valence electrons. The Kier molecular flexibility index (Phi) is 14.1. The average Bonchev–Trinajstić information content (AvgIpc) is 3.59. The standard InChI is InChI=1S/C34H45F6N9O4/c35-33(36,37)23-10-8-22(9-11-23)12-16-43-29(51)25-6-3-17-49(25)27-20-26(46-31(47-27)34(38,39)40)48-18-13-21(14-19-48)4-1-7-28(50)45-24(30(52)53)5-2-15-44-32(41)42/h8-11,20-21,24-25H,1-7,12-19H2,(H,43,51)(H,45,50)(H,52,53)(H4,41,42,44). The summed E-state index contributed by atoms with van der Waals surface area (Å²) in [4.78, 5) is 48.0. The molecule has 0 radical (unpaired) electrons. The van der Waals surface area contributed by atoms with E-state index < -0.39 is 53.6 Å². The number of anilines is 2. The van der Waals surface area contributed by atoms with E-state index in [1.54, 1.807) is 4.90 Å². The van der Waals surface area contributed by atoms with Gasteiger partial charge in [0.2, 0.25) is 17.6 Å². The molecule has 0 saturated carbocycles. The van der Waals surface area contributed by atoms with Crippen molar-refractivity contribution >= 4 is 35.4 Å². The number of guanidine groups is 1. The van der Waals surface area contributed by atoms with E-state index in [1.165, 1.54) is 23.1 Å². The number of nitrogens with two attached hydrogens (primary N) is 1. The second-order valence-corrected chi connectivity index (χ2v) is 13.3. The van der Waals surface area contributed by atoms with E-state index in [4.69, 9.17) is 11.1 Å². The Morgan fingerprint density at radius 3 is 2.23 bits per heavy atom. The minimum Gasteiger partial charge on any atom is -0.480 e. The van der Waals surface area contributed by atoms with Crippen LogP contribution in [0.1, 0.15) is 74.7 Å². The number of amides is 2. The van der Waals surface area contributed by atoms with Crippen molar-refractivity contribution in [3.05, 3.63) is 47.3 Å². The van der Waals surface area contributed by atoms with Gasteiger partial charge in [0, 0.05) is 45.2 Å². The number of benzene rings is 1. The lowest BCUT2D eigenvalue weighted by atomic mass is 9.91. The Bertz CT molecular complexity index is 1570. The molecule has 19 heteroatoms. The lowest BCUT2D eigenvalue weighted by molar-refractivity contribution is -0.145. The molecule has 0 bridgehead atoms. The van der Waals surface area contributed by atoms with Gasteiger partial charge in [-0.15, -0.1) is 0 Å². The zero-order valence-electron chi connectivity index (χ0n) is 29.0. The molecule has 7 N–H and O–H groups in total. The first-order valence-electron chi connectivity index (χ1n) is 17.5. The second-order valence-electron chi connectivity index (χ2n) is 13.3. The van der Waals surface area contributed by atoms with Crippen LogP contribution in [0.15, 0.2) is 30.3 Å². The predicted octanol–water partition coefficient (Wildman–Crippen LogP) is 4.06. The van der Waals surface area contributed by atoms with Gasteiger partial charge in [-0.3, -0.25) is 15.0 Å². The van der Waals surface area contributed by atoms with Crippen molar-refractivity contribution in [2.45, 2.75) is 88.6 Å². The molecule has 4 rings (SSSR count). The molecule has 1 aromatic heterocycles. The zero-order valence-corrected chi connectivity index (χ0v) is 29.0. The first-order chi connectivity index (χ1) is 25.0. The maximum absolute atomic E-state index is 14.0. The van der Waals surface area contributed by atoms with Gasteiger partial charge in [-0.2, -0.15) is 26.3 Å². The fraction of sp³-hybridized carbons (Fsp3) is 0.588. The summed E-state index contributed by atoms with van der Waals surface area (Å²) in [5, 5.41) is 24.4. The number of carbonyl (C=O) groups is 3. The number of nitrogens with one attached hydrogen (secondary N) is 4. The average molecular weight is 758 g/mol. The van der Waals surface area contributed by atoms with Crippen LogP contribution in [0.2, 0.25) is 0 Å². The molecule has 2 atom stereocenters. The molecule has 0 aliphatic carbocycles. The number of rotatable bonds is 16. The number of piperidine rings is 1. The number of aromatic nitrogens is 2. The Morgan fingerprint density at radius 2 is 1.60 bits per heavy atom. The van der Waals surface area contributed by atoms with Gasteiger partial charge in [0.15, 0.2) is 5.96 Å². The number of alkyl halides is 6. The van der Waals surface area contributed by atoms with Crippen molar-refractivity contribution in [1.29, 1.82) is 5.41 Å². The SMILES string of the molecule is N=C(N)NCCCC(NC(=O)CCCC1CCN(c2cc(N3CCCC3C(=O)NCCc3ccc(C(F)(F)F)cc3)nc(C(F)(F)F)n2)CC1)C(=O)O. The minimum atomic E-state index is -4.84. The second kappa shape index (κ2) is 18.3. The molecule has 1 aromatic carbocycles. The quantitative estimate of drug-likeness (QED) is 0.0631. The molecule has 2 fully saturated rings. The summed E-state index contributed by atoms with van der Waals surface area (Å²) in [6, 6.07) is 4.21. The summed E-state index contributed by atoms with van der Waals surface area (Å²) in [5.74, 6) is -3.25. The summed E-state index contributed by atoms with van der Waals surface area (Å²) in [5.41, 5.74) is 5.01. The zero-order chi connectivity index (χ0) is 38.8. The molecule has 2 aliphatic heterocycles. The van der Waals surface area contributed by atoms with Gasteiger partial charge in [0.25, 0.3) is 0 Å². The van der Waals surface area contributed by atoms with Crippen LogP contribution in [-0.2, 0) is 33.2 Å². The highest BCUT2D eigenvalue weighted by molar-refractivity contribution is 5.86. The van der Waals surface area contributed by atoms with E-state index in [2.05, 4.69) is 25.9 Å². The number of hydrogen-bond donors (Lipinski definition) is 6. The van der Waals surface area contributed by atoms with Gasteiger partial charge in [0.1, 0.15) is 23.7 Å². The number of halogens is 6. The van der Waals surface area contributed by atoms with E-state index in [9.17, 15) is 45.8 Å². The van der Waals surface area contributed by atoms with Crippen LogP contribution in [0.4, 0.5) is 38.0 Å². The predicted molar refractivity (Wildman–Crippen MR) is 183 cm³/mol. The molecule has 2 unspecified atom stereocenters. The summed E-state index contributed by atoms with van der Waals surface area (Å²) in [7, 11) is 0. The molecule has 3 heterocycles. The summed E-state index contributed by atoms with van der Waals surface area (Å²) >= 11 is 0. The fourth-order valence-corrected chi connectivity index (χ4v) is 6.53. The highest BCUT2D eigenvalue weighted by Crippen LogP contribution is 2.34. The van der Waals surface area contributed by atoms with Crippen LogP contribution >= 0.6 is 0 Å². The highest BCUT2D eigenvalue weighted by Gasteiger charge is 2.39. The third-order valence-electron chi connectivity index (χ3n) is 9.37. The van der Waals surface area contributed by atoms with E-state index in [0.29, 0.717) is 76.7 Å². The van der Waals surface area contributed by atoms with E-state index in [1.807, 2.05) is 0 Å². The van der Waals surface area contributed by atoms with Crippen LogP contribution in [0, 0.1) is 11.3 Å². The molecule has 2 amide bonds. The summed E-state index contributed by atoms with van der Waals surface area (Å²) in [6.45, 7) is 1.55. The normalized spacial score (nSPS) is 17.4. The van der Waals surface area contributed by atoms with Crippen molar-refractivity contribution in [1.82, 2.24) is 25.9 Å². The molecule has 2 aliphatic rings. The fourth-order valence-electron chi connectivity index (χ4n) is 6.53. The Balaban J connectivity index is 1.29. The summed E-state index contributed by atoms with van der Waals surface area (Å²) < 4.78 is 80.5. The van der Waals surface area contributed by atoms with Crippen molar-refractivity contribution in [3.8, 4) is 0 Å². The van der Waals surface area contributed by atoms with Crippen molar-refractivity contribution in [2.24, 2.45) is 11.7 Å². The monoisotopic (exact) mass is 757 g/mol. The Labute approximate surface area is 302 Å². The van der Waals surface area contributed by atoms with Gasteiger partial charge >= 0.3 is 18.3 Å². The van der Waals surface area contributed by atoms with Gasteiger partial charge in [-0.25, -0.2) is 14.8 Å². The molecule has 53 heavy (non-hydrogen) atoms. The maximum Gasteiger partial charge on any atom is 0.451 e. The number of aliphatic carboxylic acids is 1. The van der Waals surface area contributed by atoms with E-state index in [-0.39, 0.29) is 49.3 Å². The molecular weight excluding hydrogens is 712 g/mol. The number of carboxylic acids is 1. The van der Waals surface area contributed by atoms with Crippen molar-refractivity contribution in [3.63, 3.8) is 0 Å². The maximum atomic E-state index is 14.0. The van der Waals surface area contributed by atoms with Gasteiger partial charge in [0.05, 0.1) is 5.56 Å². The number of nitrogens with zero attached hydrogens (tertiary/aromatic N) is 4. The Morgan fingerprint density at radius 1 is 0.925 bits per heavy atom. The largest absolute Gasteiger partial charge is 0.480 e. The van der Waals surface area contributed by atoms with Crippen molar-refractivity contribution in [2.75, 3.05) is 42.5 Å². The topological polar surface area (TPSA) is 190 Å². The Hall–Kier alpha value is -4.84. The van der Waals surface area contributed by atoms with Gasteiger partial charge < -0.3 is 36.6 Å². The minimum absolute atomic E-state index is 0.0226. The lowest BCUT2D eigenvalue weighted by Gasteiger charge is -2.34. The third kappa shape index (κ3) is 12.4. The number of hydrogen-bond acceptors (Lipinski definition) is 8. The molecule has 13 nitrogen and oxygen atoms in total. The highest BCUT2D eigenvalue weighted by atomic mass is 19.4. The van der Waals surface area contributed by atoms with Gasteiger partial charge in [-0.1, -0.05) is 12.1 Å². The van der Waals surface area contributed by atoms with Crippen molar-refractivity contribution < 1.29 is 45.8 Å². The third-order valence-corrected chi connectivity index (χ3v) is 9.37. The van der Waals surface area contributed by atoms with Crippen LogP contribution in [0.25, 0.3) is 0 Å². The smallest absolute Gasteiger partial charge is 0.451 e. The number of carboxylic acid groups (broad SMARTS) is 1. The lowest BCUT2D eigenvalue weighted by Crippen LogP contribution is -2.44. The van der Waals surface area contributed by atoms with Gasteiger partial charge in [-0.05, 0) is 81.4 Å². The number of carbonyl (C=O) groups excluding carboxylic acids is 2.